The highest BCUT2D eigenvalue weighted by Gasteiger charge is 2.43. The monoisotopic (exact) mass is 532 g/mol. The Morgan fingerprint density at radius 2 is 1.77 bits per heavy atom. The lowest BCUT2D eigenvalue weighted by Gasteiger charge is -2.37. The molecule has 40 heavy (non-hydrogen) atoms. The van der Waals surface area contributed by atoms with Gasteiger partial charge in [0.25, 0.3) is 0 Å². The van der Waals surface area contributed by atoms with Crippen molar-refractivity contribution in [2.45, 2.75) is 44.6 Å². The fourth-order valence-corrected chi connectivity index (χ4v) is 7.02. The zero-order chi connectivity index (χ0) is 27.4. The molecule has 0 unspecified atom stereocenters. The largest absolute Gasteiger partial charge is 0.378 e. The van der Waals surface area contributed by atoms with Crippen molar-refractivity contribution in [2.24, 2.45) is 0 Å². The lowest BCUT2D eigenvalue weighted by atomic mass is 9.68. The first-order valence-electron chi connectivity index (χ1n) is 14.7. The maximum atomic E-state index is 14.1. The summed E-state index contributed by atoms with van der Waals surface area (Å²) in [6.45, 7) is 12.7. The van der Waals surface area contributed by atoms with Gasteiger partial charge in [-0.25, -0.2) is 0 Å². The summed E-state index contributed by atoms with van der Waals surface area (Å²) in [5.41, 5.74) is 8.26. The van der Waals surface area contributed by atoms with Gasteiger partial charge in [0.1, 0.15) is 0 Å². The lowest BCUT2D eigenvalue weighted by Crippen LogP contribution is -2.47. The van der Waals surface area contributed by atoms with Crippen molar-refractivity contribution in [1.29, 1.82) is 5.26 Å². The van der Waals surface area contributed by atoms with Gasteiger partial charge in [-0.3, -0.25) is 14.6 Å². The van der Waals surface area contributed by atoms with Crippen molar-refractivity contribution < 1.29 is 9.53 Å². The van der Waals surface area contributed by atoms with Crippen molar-refractivity contribution in [2.75, 3.05) is 63.9 Å². The van der Waals surface area contributed by atoms with Gasteiger partial charge in [0.15, 0.2) is 5.78 Å². The minimum atomic E-state index is -0.307. The first-order chi connectivity index (χ1) is 19.4. The van der Waals surface area contributed by atoms with E-state index in [1.54, 1.807) is 0 Å². The van der Waals surface area contributed by atoms with Crippen LogP contribution in [-0.4, -0.2) is 80.7 Å². The van der Waals surface area contributed by atoms with Gasteiger partial charge in [-0.1, -0.05) is 31.8 Å². The topological polar surface area (TPSA) is 59.8 Å². The fraction of sp³-hybridized carbons (Fsp3) is 0.471. The van der Waals surface area contributed by atoms with E-state index in [0.717, 1.165) is 96.5 Å². The van der Waals surface area contributed by atoms with E-state index >= 15 is 0 Å². The fourth-order valence-electron chi connectivity index (χ4n) is 7.02. The molecule has 2 aromatic carbocycles. The van der Waals surface area contributed by atoms with E-state index in [1.165, 1.54) is 12.8 Å². The highest BCUT2D eigenvalue weighted by Crippen LogP contribution is 2.51. The average Bonchev–Trinajstić information content (AvgIpc) is 3.76. The second kappa shape index (κ2) is 9.89. The molecule has 0 N–H and O–H groups in total. The van der Waals surface area contributed by atoms with Crippen LogP contribution in [0.4, 0.5) is 5.69 Å². The number of ether oxygens (including phenoxy) is 1. The van der Waals surface area contributed by atoms with Crippen LogP contribution in [0.25, 0.3) is 5.57 Å². The number of anilines is 1. The molecule has 3 fully saturated rings. The molecule has 0 bridgehead atoms. The summed E-state index contributed by atoms with van der Waals surface area (Å²) in [6.07, 6.45) is 3.44. The minimum absolute atomic E-state index is 0.0839. The van der Waals surface area contributed by atoms with Crippen molar-refractivity contribution in [1.82, 2.24) is 9.80 Å². The van der Waals surface area contributed by atoms with Crippen LogP contribution in [0.3, 0.4) is 0 Å². The van der Waals surface area contributed by atoms with E-state index in [2.05, 4.69) is 58.6 Å². The summed E-state index contributed by atoms with van der Waals surface area (Å²) >= 11 is 0. The van der Waals surface area contributed by atoms with Crippen LogP contribution in [-0.2, 0) is 16.6 Å². The van der Waals surface area contributed by atoms with Crippen molar-refractivity contribution >= 4 is 17.0 Å². The molecule has 0 atom stereocenters. The quantitative estimate of drug-likeness (QED) is 0.557. The van der Waals surface area contributed by atoms with Gasteiger partial charge in [0.05, 0.1) is 37.1 Å². The maximum Gasteiger partial charge on any atom is 0.193 e. The van der Waals surface area contributed by atoms with Gasteiger partial charge in [0, 0.05) is 67.4 Å². The van der Waals surface area contributed by atoms with Gasteiger partial charge < -0.3 is 9.64 Å². The summed E-state index contributed by atoms with van der Waals surface area (Å²) in [4.78, 5) is 21.6. The summed E-state index contributed by atoms with van der Waals surface area (Å²) < 4.78 is 5.66. The van der Waals surface area contributed by atoms with E-state index in [0.29, 0.717) is 25.2 Å². The molecule has 0 aromatic heterocycles. The smallest absolute Gasteiger partial charge is 0.193 e. The maximum absolute atomic E-state index is 14.1. The molecule has 1 saturated carbocycles. The average molecular weight is 533 g/mol. The summed E-state index contributed by atoms with van der Waals surface area (Å²) in [5, 5.41) is 9.44. The zero-order valence-electron chi connectivity index (χ0n) is 23.6. The zero-order valence-corrected chi connectivity index (χ0v) is 23.6. The summed E-state index contributed by atoms with van der Waals surface area (Å²) in [5.74, 6) is 7.06. The summed E-state index contributed by atoms with van der Waals surface area (Å²) in [6, 6.07) is 13.1. The van der Waals surface area contributed by atoms with Crippen LogP contribution in [0, 0.1) is 23.2 Å². The highest BCUT2D eigenvalue weighted by atomic mass is 16.5. The molecule has 5 aliphatic rings. The third-order valence-electron chi connectivity index (χ3n) is 9.56. The number of morpholine rings is 1. The molecule has 0 spiro atoms. The first kappa shape index (κ1) is 25.5. The van der Waals surface area contributed by atoms with Gasteiger partial charge in [-0.2, -0.15) is 5.26 Å². The Balaban J connectivity index is 1.23. The Kier molecular flexibility index (Phi) is 6.32. The van der Waals surface area contributed by atoms with Crippen molar-refractivity contribution in [3.05, 3.63) is 69.3 Å². The number of carbonyl (C=O) groups excluding carboxylic acids is 1. The molecule has 0 radical (unpaired) electrons. The summed E-state index contributed by atoms with van der Waals surface area (Å²) in [7, 11) is 0. The van der Waals surface area contributed by atoms with Crippen LogP contribution >= 0.6 is 0 Å². The number of rotatable bonds is 3. The highest BCUT2D eigenvalue weighted by molar-refractivity contribution is 6.33. The van der Waals surface area contributed by atoms with Crippen molar-refractivity contribution in [3.63, 3.8) is 0 Å². The molecule has 2 aromatic rings. The van der Waals surface area contributed by atoms with Crippen LogP contribution in [0.2, 0.25) is 0 Å². The Hall–Kier alpha value is -3.42. The molecule has 2 aliphatic heterocycles. The molecular formula is C34H36N4O2. The van der Waals surface area contributed by atoms with E-state index in [-0.39, 0.29) is 11.2 Å². The molecule has 204 valence electrons. The Labute approximate surface area is 237 Å². The Morgan fingerprint density at radius 1 is 1.00 bits per heavy atom. The second-order valence-corrected chi connectivity index (χ2v) is 12.3. The molecule has 6 heteroatoms. The van der Waals surface area contributed by atoms with Gasteiger partial charge in [0.2, 0.25) is 0 Å². The molecule has 6 nitrogen and oxygen atoms in total. The third-order valence-corrected chi connectivity index (χ3v) is 9.56. The van der Waals surface area contributed by atoms with Crippen LogP contribution < -0.4 is 4.90 Å². The van der Waals surface area contributed by atoms with E-state index < -0.39 is 0 Å². The van der Waals surface area contributed by atoms with Gasteiger partial charge >= 0.3 is 0 Å². The van der Waals surface area contributed by atoms with E-state index in [9.17, 15) is 10.1 Å². The molecule has 0 amide bonds. The number of nitrogens with zero attached hydrogens (tertiary/aromatic N) is 4. The minimum Gasteiger partial charge on any atom is -0.378 e. The normalized spacial score (nSPS) is 22.2. The van der Waals surface area contributed by atoms with Gasteiger partial charge in [-0.15, -0.1) is 0 Å². The molecule has 2 heterocycles. The molecular weight excluding hydrogens is 496 g/mol. The number of allylic oxidation sites excluding steroid dienone is 2. The van der Waals surface area contributed by atoms with Crippen LogP contribution in [0.1, 0.15) is 64.9 Å². The standard InChI is InChI=1S/C34H36N4O2/c1-34(2)29-21-31(38-14-16-40-17-15-38)24(4-3-9-36-10-12-37(13-11-36)26-6-7-26)19-28(29)33(39)32-27-8-5-23(22-35)18-25(27)20-30(32)34/h5,8,18-19,21,26H,6-7,9-17,20H2,1-2H3. The first-order valence-corrected chi connectivity index (χ1v) is 14.7. The van der Waals surface area contributed by atoms with Crippen LogP contribution in [0.5, 0.6) is 0 Å². The molecule has 2 saturated heterocycles. The van der Waals surface area contributed by atoms with E-state index in [4.69, 9.17) is 4.74 Å². The predicted molar refractivity (Wildman–Crippen MR) is 157 cm³/mol. The number of benzene rings is 2. The number of piperazine rings is 1. The Morgan fingerprint density at radius 3 is 2.50 bits per heavy atom. The molecule has 7 rings (SSSR count). The number of ketones is 1. The number of nitriles is 1. The Bertz CT molecular complexity index is 1520. The van der Waals surface area contributed by atoms with Crippen LogP contribution in [0.15, 0.2) is 35.9 Å². The van der Waals surface area contributed by atoms with Crippen molar-refractivity contribution in [3.8, 4) is 17.9 Å². The predicted octanol–water partition coefficient (Wildman–Crippen LogP) is 4.01. The lowest BCUT2D eigenvalue weighted by molar-refractivity contribution is 0.105. The molecule has 3 aliphatic carbocycles. The number of fused-ring (bicyclic) bond motifs is 3. The number of hydrogen-bond acceptors (Lipinski definition) is 6. The second-order valence-electron chi connectivity index (χ2n) is 12.3. The number of hydrogen-bond donors (Lipinski definition) is 0. The SMILES string of the molecule is CC1(C)C2=C(C(=O)c3cc(C#CCN4CCN(C5CC5)CC4)c(N4CCOCC4)cc31)c1ccc(C#N)cc1C2. The number of carbonyl (C=O) groups is 1. The van der Waals surface area contributed by atoms with E-state index in [1.807, 2.05) is 18.2 Å². The van der Waals surface area contributed by atoms with Gasteiger partial charge in [-0.05, 0) is 65.8 Å². The third kappa shape index (κ3) is 4.36. The number of Topliss-reactive ketones (excluding diaryl/α,β-unsaturated/α-hetero) is 1.